The highest BCUT2D eigenvalue weighted by atomic mass is 16.4. The largest absolute Gasteiger partial charge is 0.480 e. The van der Waals surface area contributed by atoms with Crippen molar-refractivity contribution in [1.82, 2.24) is 30.7 Å². The van der Waals surface area contributed by atoms with E-state index in [1.165, 1.54) is 9.80 Å². The number of aromatic amines is 1. The molecule has 0 aliphatic carbocycles. The van der Waals surface area contributed by atoms with Crippen LogP contribution in [0.15, 0.2) is 35.5 Å². The molecule has 258 valence electrons. The Bertz CT molecular complexity index is 1590. The first-order chi connectivity index (χ1) is 23.0. The second-order valence-electron chi connectivity index (χ2n) is 12.5. The summed E-state index contributed by atoms with van der Waals surface area (Å²) in [4.78, 5) is 88.3. The van der Waals surface area contributed by atoms with Crippen LogP contribution in [-0.4, -0.2) is 111 Å². The van der Waals surface area contributed by atoms with Gasteiger partial charge in [0.2, 0.25) is 29.5 Å². The molecule has 3 aliphatic heterocycles. The monoisotopic (exact) mass is 665 g/mol. The Morgan fingerprint density at radius 1 is 0.938 bits per heavy atom. The van der Waals surface area contributed by atoms with Gasteiger partial charge in [-0.25, -0.2) is 4.79 Å². The number of nitrogens with one attached hydrogen (secondary N) is 4. The number of hydrogen-bond acceptors (Lipinski definition) is 7. The minimum atomic E-state index is -1.11. The summed E-state index contributed by atoms with van der Waals surface area (Å²) >= 11 is 0. The van der Waals surface area contributed by atoms with Crippen molar-refractivity contribution in [3.63, 3.8) is 0 Å². The van der Waals surface area contributed by atoms with Gasteiger partial charge in [0.15, 0.2) is 5.96 Å². The second-order valence-corrected chi connectivity index (χ2v) is 12.5. The van der Waals surface area contributed by atoms with E-state index < -0.39 is 59.8 Å². The van der Waals surface area contributed by atoms with Gasteiger partial charge < -0.3 is 47.3 Å². The zero-order valence-electron chi connectivity index (χ0n) is 26.7. The predicted molar refractivity (Wildman–Crippen MR) is 174 cm³/mol. The summed E-state index contributed by atoms with van der Waals surface area (Å²) in [6, 6.07) is 2.79. The van der Waals surface area contributed by atoms with Crippen molar-refractivity contribution in [1.29, 1.82) is 0 Å². The zero-order valence-corrected chi connectivity index (χ0v) is 26.7. The van der Waals surface area contributed by atoms with E-state index in [0.29, 0.717) is 38.5 Å². The Kier molecular flexibility index (Phi) is 10.8. The SMILES string of the molecule is NC(N)=NCCC[C@H](NC(=O)[C@@H]1CCCN1C(=O)[C@H](Cc1c[nH]c2ccccc12)NC(=O)[C@@H]1CCC(=O)N1)C(=O)N1CCC[C@H]1C(=O)O. The highest BCUT2D eigenvalue weighted by Crippen LogP contribution is 2.24. The van der Waals surface area contributed by atoms with Gasteiger partial charge in [0.05, 0.1) is 0 Å². The lowest BCUT2D eigenvalue weighted by Crippen LogP contribution is -2.58. The molecule has 16 nitrogen and oxygen atoms in total. The van der Waals surface area contributed by atoms with Crippen molar-refractivity contribution in [3.05, 3.63) is 36.0 Å². The van der Waals surface area contributed by atoms with Crippen LogP contribution >= 0.6 is 0 Å². The Morgan fingerprint density at radius 2 is 1.60 bits per heavy atom. The standard InChI is InChI=1S/C32H43N9O7/c33-32(34)35-13-3-8-22(29(45)41-15-5-10-25(41)31(47)48)38-28(44)24-9-4-14-40(24)30(46)23(39-27(43)21-11-12-26(42)37-21)16-18-17-36-20-7-2-1-6-19(18)20/h1-2,6-7,17,21-25,36H,3-5,8-16H2,(H,37,42)(H,38,44)(H,39,43)(H,47,48)(H4,33,34,35)/t21-,22-,23-,24-,25-/m0/s1. The van der Waals surface area contributed by atoms with E-state index in [-0.39, 0.29) is 50.8 Å². The number of H-pyrrole nitrogens is 1. The number of carboxylic acid groups (broad SMARTS) is 1. The van der Waals surface area contributed by atoms with Crippen LogP contribution in [0.4, 0.5) is 0 Å². The van der Waals surface area contributed by atoms with Crippen molar-refractivity contribution < 1.29 is 33.9 Å². The van der Waals surface area contributed by atoms with Gasteiger partial charge in [-0.15, -0.1) is 0 Å². The van der Waals surface area contributed by atoms with Crippen LogP contribution < -0.4 is 27.4 Å². The number of rotatable bonds is 13. The lowest BCUT2D eigenvalue weighted by Gasteiger charge is -2.31. The number of likely N-dealkylation sites (tertiary alicyclic amines) is 2. The highest BCUT2D eigenvalue weighted by molar-refractivity contribution is 5.97. The summed E-state index contributed by atoms with van der Waals surface area (Å²) in [5.41, 5.74) is 12.5. The molecule has 1 aromatic carbocycles. The third kappa shape index (κ3) is 7.86. The number of hydrogen-bond donors (Lipinski definition) is 7. The van der Waals surface area contributed by atoms with Gasteiger partial charge in [-0.3, -0.25) is 29.0 Å². The molecule has 0 radical (unpaired) electrons. The van der Waals surface area contributed by atoms with Crippen LogP contribution in [0.5, 0.6) is 0 Å². The molecule has 48 heavy (non-hydrogen) atoms. The summed E-state index contributed by atoms with van der Waals surface area (Å²) in [5, 5.41) is 18.8. The van der Waals surface area contributed by atoms with Crippen molar-refractivity contribution >= 4 is 52.4 Å². The molecule has 2 aromatic rings. The third-order valence-corrected chi connectivity index (χ3v) is 9.24. The van der Waals surface area contributed by atoms with Gasteiger partial charge in [-0.2, -0.15) is 0 Å². The van der Waals surface area contributed by atoms with Gasteiger partial charge >= 0.3 is 5.97 Å². The van der Waals surface area contributed by atoms with E-state index in [9.17, 15) is 33.9 Å². The van der Waals surface area contributed by atoms with E-state index in [2.05, 4.69) is 25.9 Å². The normalized spacial score (nSPS) is 21.8. The van der Waals surface area contributed by atoms with Crippen LogP contribution in [0.1, 0.15) is 56.9 Å². The molecule has 3 saturated heterocycles. The summed E-state index contributed by atoms with van der Waals surface area (Å²) in [6.45, 7) is 0.712. The summed E-state index contributed by atoms with van der Waals surface area (Å²) in [7, 11) is 0. The fourth-order valence-electron chi connectivity index (χ4n) is 6.82. The zero-order chi connectivity index (χ0) is 34.4. The molecule has 0 spiro atoms. The Morgan fingerprint density at radius 3 is 2.29 bits per heavy atom. The Labute approximate surface area is 277 Å². The molecule has 0 bridgehead atoms. The minimum Gasteiger partial charge on any atom is -0.480 e. The number of aromatic nitrogens is 1. The molecule has 3 fully saturated rings. The fourth-order valence-corrected chi connectivity index (χ4v) is 6.82. The number of amides is 5. The van der Waals surface area contributed by atoms with Gasteiger partial charge in [-0.05, 0) is 56.6 Å². The molecule has 4 heterocycles. The van der Waals surface area contributed by atoms with E-state index in [0.717, 1.165) is 16.5 Å². The van der Waals surface area contributed by atoms with E-state index >= 15 is 0 Å². The smallest absolute Gasteiger partial charge is 0.326 e. The molecule has 5 atom stereocenters. The molecule has 5 amide bonds. The van der Waals surface area contributed by atoms with Crippen LogP contribution in [0.3, 0.4) is 0 Å². The average molecular weight is 666 g/mol. The molecule has 9 N–H and O–H groups in total. The lowest BCUT2D eigenvalue weighted by molar-refractivity contribution is -0.150. The minimum absolute atomic E-state index is 0.114. The molecule has 1 aromatic heterocycles. The number of carbonyl (C=O) groups is 6. The number of nitrogens with two attached hydrogens (primary N) is 2. The van der Waals surface area contributed by atoms with Gasteiger partial charge in [0.1, 0.15) is 30.2 Å². The molecular weight excluding hydrogens is 622 g/mol. The number of guanidine groups is 1. The molecular formula is C32H43N9O7. The van der Waals surface area contributed by atoms with Crippen molar-refractivity contribution in [2.24, 2.45) is 16.5 Å². The van der Waals surface area contributed by atoms with Crippen molar-refractivity contribution in [3.8, 4) is 0 Å². The van der Waals surface area contributed by atoms with Crippen molar-refractivity contribution in [2.45, 2.75) is 88.0 Å². The number of carboxylic acids is 1. The van der Waals surface area contributed by atoms with Crippen LogP contribution in [0, 0.1) is 0 Å². The van der Waals surface area contributed by atoms with E-state index in [1.807, 2.05) is 24.3 Å². The van der Waals surface area contributed by atoms with Gasteiger partial charge in [0, 0.05) is 49.6 Å². The topological polar surface area (TPSA) is 245 Å². The lowest BCUT2D eigenvalue weighted by atomic mass is 10.0. The summed E-state index contributed by atoms with van der Waals surface area (Å²) < 4.78 is 0. The Balaban J connectivity index is 1.34. The number of nitrogens with zero attached hydrogens (tertiary/aromatic N) is 3. The van der Waals surface area contributed by atoms with Crippen LogP contribution in [0.2, 0.25) is 0 Å². The Hall–Kier alpha value is -5.15. The van der Waals surface area contributed by atoms with Crippen LogP contribution in [0.25, 0.3) is 10.9 Å². The molecule has 0 unspecified atom stereocenters. The van der Waals surface area contributed by atoms with E-state index in [4.69, 9.17) is 11.5 Å². The number of aliphatic imine (C=N–C) groups is 1. The summed E-state index contributed by atoms with van der Waals surface area (Å²) in [6.07, 6.45) is 4.62. The van der Waals surface area contributed by atoms with E-state index in [1.54, 1.807) is 6.20 Å². The fraction of sp³-hybridized carbons (Fsp3) is 0.531. The number of para-hydroxylation sites is 1. The number of benzene rings is 1. The van der Waals surface area contributed by atoms with Crippen LogP contribution in [-0.2, 0) is 35.2 Å². The highest BCUT2D eigenvalue weighted by Gasteiger charge is 2.42. The van der Waals surface area contributed by atoms with Gasteiger partial charge in [0.25, 0.3) is 0 Å². The summed E-state index contributed by atoms with van der Waals surface area (Å²) in [5.74, 6) is -3.47. The average Bonchev–Trinajstić information content (AvgIpc) is 3.88. The third-order valence-electron chi connectivity index (χ3n) is 9.24. The molecule has 5 rings (SSSR count). The molecule has 0 saturated carbocycles. The number of carbonyl (C=O) groups excluding carboxylic acids is 5. The molecule has 16 heteroatoms. The maximum atomic E-state index is 14.2. The van der Waals surface area contributed by atoms with Gasteiger partial charge in [-0.1, -0.05) is 18.2 Å². The first-order valence-electron chi connectivity index (χ1n) is 16.4. The first kappa shape index (κ1) is 34.2. The first-order valence-corrected chi connectivity index (χ1v) is 16.4. The van der Waals surface area contributed by atoms with Crippen molar-refractivity contribution in [2.75, 3.05) is 19.6 Å². The number of aliphatic carboxylic acids is 1. The maximum Gasteiger partial charge on any atom is 0.326 e. The predicted octanol–water partition coefficient (Wildman–Crippen LogP) is -0.921. The second kappa shape index (κ2) is 15.2. The quantitative estimate of drug-likeness (QED) is 0.0793. The molecule has 3 aliphatic rings. The maximum absolute atomic E-state index is 14.2. The number of fused-ring (bicyclic) bond motifs is 1.